The lowest BCUT2D eigenvalue weighted by Gasteiger charge is -2.25. The molecule has 0 amide bonds. The fraction of sp³-hybridized carbons (Fsp3) is 0.455. The van der Waals surface area contributed by atoms with E-state index in [0.29, 0.717) is 0 Å². The van der Waals surface area contributed by atoms with Crippen LogP contribution in [0.1, 0.15) is 187 Å². The largest absolute Gasteiger partial charge is 0.0561 e. The molecule has 0 atom stereocenters. The Balaban J connectivity index is 1.62. The molecule has 0 saturated heterocycles. The molecular formula is C55H70. The van der Waals surface area contributed by atoms with Gasteiger partial charge in [0, 0.05) is 0 Å². The quantitative estimate of drug-likeness (QED) is 0.146. The van der Waals surface area contributed by atoms with E-state index >= 15 is 0 Å². The molecule has 0 saturated carbocycles. The fourth-order valence-corrected chi connectivity index (χ4v) is 8.18. The lowest BCUT2D eigenvalue weighted by atomic mass is 9.80. The number of benzene rings is 5. The van der Waals surface area contributed by atoms with E-state index in [0.717, 1.165) is 32.1 Å². The van der Waals surface area contributed by atoms with Crippen LogP contribution in [-0.4, -0.2) is 0 Å². The normalized spacial score (nSPS) is 14.5. The predicted molar refractivity (Wildman–Crippen MR) is 240 cm³/mol. The third kappa shape index (κ3) is 10.3. The van der Waals surface area contributed by atoms with E-state index in [-0.39, 0.29) is 27.1 Å². The summed E-state index contributed by atoms with van der Waals surface area (Å²) in [6.07, 6.45) is 4.65. The van der Waals surface area contributed by atoms with Crippen LogP contribution in [0.3, 0.4) is 0 Å². The van der Waals surface area contributed by atoms with Crippen molar-refractivity contribution in [3.63, 3.8) is 0 Å². The molecular weight excluding hydrogens is 661 g/mol. The van der Waals surface area contributed by atoms with Gasteiger partial charge in [0.05, 0.1) is 0 Å². The highest BCUT2D eigenvalue weighted by Crippen LogP contribution is 2.34. The molecule has 10 bridgehead atoms. The Morgan fingerprint density at radius 1 is 0.200 bits per heavy atom. The summed E-state index contributed by atoms with van der Waals surface area (Å²) in [6, 6.07) is 37.3. The molecule has 0 radical (unpaired) electrons. The molecule has 5 aromatic carbocycles. The second-order valence-corrected chi connectivity index (χ2v) is 22.3. The summed E-state index contributed by atoms with van der Waals surface area (Å²) in [7, 11) is 0. The van der Waals surface area contributed by atoms with E-state index < -0.39 is 0 Å². The van der Waals surface area contributed by atoms with E-state index in [4.69, 9.17) is 0 Å². The molecule has 5 aromatic rings. The molecule has 290 valence electrons. The molecule has 1 aliphatic carbocycles. The highest BCUT2D eigenvalue weighted by Gasteiger charge is 2.22. The van der Waals surface area contributed by atoms with E-state index in [1.165, 1.54) is 83.5 Å². The van der Waals surface area contributed by atoms with Crippen molar-refractivity contribution in [2.24, 2.45) is 0 Å². The summed E-state index contributed by atoms with van der Waals surface area (Å²) in [5.74, 6) is 0. The SMILES string of the molecule is CC(C)(C)c1cc2cc(c1)Cc1cc(cc(C(C)(C)C)c1)Cc1cc(cc(C(C)(C)C)c1)Cc1cc(cc(C(C)(C)C)c1)Cc1cc(cc(C(C)(C)C)c1)C2. The summed E-state index contributed by atoms with van der Waals surface area (Å²) in [5, 5.41) is 0. The Bertz CT molecular complexity index is 1710. The first-order chi connectivity index (χ1) is 25.3. The minimum absolute atomic E-state index is 0.0565. The minimum Gasteiger partial charge on any atom is -0.0561 e. The van der Waals surface area contributed by atoms with Crippen LogP contribution in [-0.2, 0) is 59.2 Å². The van der Waals surface area contributed by atoms with Gasteiger partial charge in [0.2, 0.25) is 0 Å². The molecule has 0 heterocycles. The zero-order valence-corrected chi connectivity index (χ0v) is 37.2. The number of hydrogen-bond donors (Lipinski definition) is 0. The molecule has 0 spiro atoms. The second kappa shape index (κ2) is 14.6. The Hall–Kier alpha value is -3.90. The van der Waals surface area contributed by atoms with Crippen LogP contribution >= 0.6 is 0 Å². The topological polar surface area (TPSA) is 0 Å². The van der Waals surface area contributed by atoms with Gasteiger partial charge in [-0.2, -0.15) is 0 Å². The van der Waals surface area contributed by atoms with E-state index in [9.17, 15) is 0 Å². The van der Waals surface area contributed by atoms with Crippen molar-refractivity contribution in [2.45, 2.75) is 163 Å². The second-order valence-electron chi connectivity index (χ2n) is 22.3. The zero-order chi connectivity index (χ0) is 40.3. The van der Waals surface area contributed by atoms with Gasteiger partial charge in [-0.1, -0.05) is 195 Å². The van der Waals surface area contributed by atoms with Crippen molar-refractivity contribution in [3.8, 4) is 0 Å². The average Bonchev–Trinajstić information content (AvgIpc) is 3.02. The molecule has 55 heavy (non-hydrogen) atoms. The molecule has 0 fully saturated rings. The lowest BCUT2D eigenvalue weighted by Crippen LogP contribution is -2.15. The van der Waals surface area contributed by atoms with Crippen LogP contribution in [0.4, 0.5) is 0 Å². The molecule has 0 N–H and O–H groups in total. The molecule has 0 heteroatoms. The van der Waals surface area contributed by atoms with E-state index in [1.807, 2.05) is 0 Å². The van der Waals surface area contributed by atoms with Crippen molar-refractivity contribution in [1.29, 1.82) is 0 Å². The van der Waals surface area contributed by atoms with Crippen LogP contribution in [0.15, 0.2) is 91.0 Å². The van der Waals surface area contributed by atoms with Gasteiger partial charge >= 0.3 is 0 Å². The maximum Gasteiger partial charge on any atom is -0.00254 e. The van der Waals surface area contributed by atoms with Crippen molar-refractivity contribution in [2.75, 3.05) is 0 Å². The first kappa shape index (κ1) is 40.8. The van der Waals surface area contributed by atoms with Gasteiger partial charge in [0.25, 0.3) is 0 Å². The Morgan fingerprint density at radius 3 is 0.400 bits per heavy atom. The first-order valence-electron chi connectivity index (χ1n) is 20.9. The highest BCUT2D eigenvalue weighted by atomic mass is 14.3. The summed E-state index contributed by atoms with van der Waals surface area (Å²) in [4.78, 5) is 0. The van der Waals surface area contributed by atoms with Gasteiger partial charge in [0.15, 0.2) is 0 Å². The standard InChI is InChI=1S/C55H70/c1-51(2,3)46-26-36-16-37(27-46)22-39-18-41(31-48(29-39)53(7,8)9)24-43-20-45(35-50(33-43)55(13,14)15)25-44-19-42(32-49(34-44)54(10,11)12)23-40-17-38(21-36)28-47(30-40)52(4,5)6/h16-20,26-35H,21-25H2,1-15H3. The van der Waals surface area contributed by atoms with Crippen LogP contribution < -0.4 is 0 Å². The molecule has 6 rings (SSSR count). The highest BCUT2D eigenvalue weighted by molar-refractivity contribution is 5.47. The summed E-state index contributed by atoms with van der Waals surface area (Å²) >= 11 is 0. The van der Waals surface area contributed by atoms with E-state index in [2.05, 4.69) is 195 Å². The molecule has 0 aromatic heterocycles. The Labute approximate surface area is 336 Å². The van der Waals surface area contributed by atoms with Gasteiger partial charge in [-0.15, -0.1) is 0 Å². The first-order valence-corrected chi connectivity index (χ1v) is 20.9. The summed E-state index contributed by atoms with van der Waals surface area (Å²) < 4.78 is 0. The monoisotopic (exact) mass is 731 g/mol. The molecule has 1 aliphatic rings. The lowest BCUT2D eigenvalue weighted by molar-refractivity contribution is 0.587. The van der Waals surface area contributed by atoms with Gasteiger partial charge in [0.1, 0.15) is 0 Å². The number of hydrogen-bond acceptors (Lipinski definition) is 0. The predicted octanol–water partition coefficient (Wildman–Crippen LogP) is 14.4. The Kier molecular flexibility index (Phi) is 10.8. The van der Waals surface area contributed by atoms with Crippen molar-refractivity contribution in [1.82, 2.24) is 0 Å². The molecule has 0 aliphatic heterocycles. The van der Waals surface area contributed by atoms with Crippen LogP contribution in [0.2, 0.25) is 0 Å². The van der Waals surface area contributed by atoms with Gasteiger partial charge < -0.3 is 0 Å². The number of fused-ring (bicyclic) bond motifs is 10. The molecule has 0 nitrogen and oxygen atoms in total. The van der Waals surface area contributed by atoms with Gasteiger partial charge in [-0.05, 0) is 143 Å². The Morgan fingerprint density at radius 2 is 0.309 bits per heavy atom. The molecule has 0 unspecified atom stereocenters. The summed E-state index contributed by atoms with van der Waals surface area (Å²) in [6.45, 7) is 35.4. The van der Waals surface area contributed by atoms with Crippen LogP contribution in [0, 0.1) is 0 Å². The van der Waals surface area contributed by atoms with Gasteiger partial charge in [-0.25, -0.2) is 0 Å². The third-order valence-corrected chi connectivity index (χ3v) is 11.6. The summed E-state index contributed by atoms with van der Waals surface area (Å²) in [5.41, 5.74) is 21.4. The van der Waals surface area contributed by atoms with Crippen molar-refractivity contribution < 1.29 is 0 Å². The number of rotatable bonds is 0. The third-order valence-electron chi connectivity index (χ3n) is 11.6. The fourth-order valence-electron chi connectivity index (χ4n) is 8.18. The smallest absolute Gasteiger partial charge is 0.00254 e. The average molecular weight is 731 g/mol. The maximum absolute atomic E-state index is 2.50. The van der Waals surface area contributed by atoms with Crippen molar-refractivity contribution in [3.05, 3.63) is 174 Å². The maximum atomic E-state index is 2.50. The van der Waals surface area contributed by atoms with E-state index in [1.54, 1.807) is 0 Å². The van der Waals surface area contributed by atoms with Crippen molar-refractivity contribution >= 4 is 0 Å². The minimum atomic E-state index is 0.0565. The zero-order valence-electron chi connectivity index (χ0n) is 37.2. The van der Waals surface area contributed by atoms with Gasteiger partial charge in [-0.3, -0.25) is 0 Å². The van der Waals surface area contributed by atoms with Crippen LogP contribution in [0.5, 0.6) is 0 Å². The van der Waals surface area contributed by atoms with Crippen LogP contribution in [0.25, 0.3) is 0 Å².